The summed E-state index contributed by atoms with van der Waals surface area (Å²) in [6.07, 6.45) is 2.53. The Balaban J connectivity index is 2.12. The molecule has 1 N–H and O–H groups in total. The lowest BCUT2D eigenvalue weighted by Gasteiger charge is -2.10. The summed E-state index contributed by atoms with van der Waals surface area (Å²) in [6.45, 7) is 1.97. The highest BCUT2D eigenvalue weighted by Gasteiger charge is 2.09. The van der Waals surface area contributed by atoms with E-state index in [1.165, 1.54) is 13.2 Å². The molecule has 1 aromatic heterocycles. The summed E-state index contributed by atoms with van der Waals surface area (Å²) in [6, 6.07) is 5.11. The molecule has 0 bridgehead atoms. The summed E-state index contributed by atoms with van der Waals surface area (Å²) in [5, 5.41) is 16.0. The van der Waals surface area contributed by atoms with Crippen LogP contribution >= 0.6 is 0 Å². The van der Waals surface area contributed by atoms with Gasteiger partial charge in [-0.3, -0.25) is 0 Å². The van der Waals surface area contributed by atoms with Gasteiger partial charge in [0, 0.05) is 6.08 Å². The van der Waals surface area contributed by atoms with Crippen molar-refractivity contribution < 1.29 is 24.0 Å². The van der Waals surface area contributed by atoms with Crippen LogP contribution in [0.4, 0.5) is 0 Å². The fraction of sp³-hybridized carbons (Fsp3) is 0.214. The third kappa shape index (κ3) is 3.82. The molecule has 0 aliphatic heterocycles. The molecule has 0 atom stereocenters. The fourth-order valence-electron chi connectivity index (χ4n) is 1.60. The number of methoxy groups -OCH3 is 1. The molecule has 0 saturated carbocycles. The Hall–Kier alpha value is -2.83. The summed E-state index contributed by atoms with van der Waals surface area (Å²) in [5.74, 6) is 0.00678. The number of nitrogens with zero attached hydrogens (tertiary/aromatic N) is 2. The minimum absolute atomic E-state index is 0.204. The summed E-state index contributed by atoms with van der Waals surface area (Å²) in [5.41, 5.74) is 1.96. The monoisotopic (exact) mass is 290 g/mol. The third-order valence-electron chi connectivity index (χ3n) is 2.72. The zero-order valence-electron chi connectivity index (χ0n) is 11.6. The van der Waals surface area contributed by atoms with Crippen molar-refractivity contribution in [1.82, 2.24) is 10.3 Å². The number of aliphatic carboxylic acids is 1. The number of ether oxygens (including phenoxy) is 2. The Kier molecular flexibility index (Phi) is 4.55. The van der Waals surface area contributed by atoms with Crippen LogP contribution in [-0.2, 0) is 11.4 Å². The van der Waals surface area contributed by atoms with E-state index in [4.69, 9.17) is 14.6 Å². The molecule has 1 aromatic carbocycles. The number of aromatic nitrogens is 2. The maximum Gasteiger partial charge on any atom is 0.328 e. The van der Waals surface area contributed by atoms with Crippen LogP contribution in [-0.4, -0.2) is 28.5 Å². The molecular formula is C14H14N2O5. The van der Waals surface area contributed by atoms with Gasteiger partial charge in [-0.05, 0) is 30.7 Å². The number of hydrogen-bond donors (Lipinski definition) is 1. The highest BCUT2D eigenvalue weighted by molar-refractivity contribution is 5.85. The topological polar surface area (TPSA) is 94.7 Å². The van der Waals surface area contributed by atoms with Gasteiger partial charge in [-0.2, -0.15) is 0 Å². The Morgan fingerprint density at radius 1 is 1.38 bits per heavy atom. The highest BCUT2D eigenvalue weighted by atomic mass is 16.6. The SMILES string of the molecule is COc1cc(C=CC(=O)O)ccc1OCc1nonc1C. The van der Waals surface area contributed by atoms with E-state index in [1.54, 1.807) is 25.1 Å². The van der Waals surface area contributed by atoms with Gasteiger partial charge < -0.3 is 14.6 Å². The van der Waals surface area contributed by atoms with Crippen LogP contribution in [0.2, 0.25) is 0 Å². The van der Waals surface area contributed by atoms with Crippen LogP contribution in [0.1, 0.15) is 17.0 Å². The largest absolute Gasteiger partial charge is 0.493 e. The first-order chi connectivity index (χ1) is 10.1. The molecule has 0 aliphatic rings. The lowest BCUT2D eigenvalue weighted by atomic mass is 10.2. The van der Waals surface area contributed by atoms with Crippen LogP contribution in [0.3, 0.4) is 0 Å². The van der Waals surface area contributed by atoms with E-state index in [-0.39, 0.29) is 6.61 Å². The van der Waals surface area contributed by atoms with Crippen molar-refractivity contribution in [2.24, 2.45) is 0 Å². The van der Waals surface area contributed by atoms with Crippen molar-refractivity contribution in [3.63, 3.8) is 0 Å². The Morgan fingerprint density at radius 3 is 2.81 bits per heavy atom. The predicted octanol–water partition coefficient (Wildman–Crippen LogP) is 2.06. The molecule has 7 nitrogen and oxygen atoms in total. The Morgan fingerprint density at radius 2 is 2.19 bits per heavy atom. The Labute approximate surface area is 120 Å². The van der Waals surface area contributed by atoms with Crippen LogP contribution in [0.25, 0.3) is 6.08 Å². The van der Waals surface area contributed by atoms with E-state index in [9.17, 15) is 4.79 Å². The zero-order chi connectivity index (χ0) is 15.2. The van der Waals surface area contributed by atoms with Gasteiger partial charge in [-0.1, -0.05) is 16.4 Å². The van der Waals surface area contributed by atoms with Crippen LogP contribution < -0.4 is 9.47 Å². The van der Waals surface area contributed by atoms with Gasteiger partial charge in [0.05, 0.1) is 7.11 Å². The molecule has 2 rings (SSSR count). The van der Waals surface area contributed by atoms with Crippen molar-refractivity contribution >= 4 is 12.0 Å². The van der Waals surface area contributed by atoms with Crippen molar-refractivity contribution in [1.29, 1.82) is 0 Å². The maximum atomic E-state index is 10.5. The molecule has 7 heteroatoms. The molecule has 0 aliphatic carbocycles. The molecular weight excluding hydrogens is 276 g/mol. The van der Waals surface area contributed by atoms with Crippen molar-refractivity contribution in [3.05, 3.63) is 41.2 Å². The molecule has 0 unspecified atom stereocenters. The first kappa shape index (κ1) is 14.6. The van der Waals surface area contributed by atoms with Gasteiger partial charge >= 0.3 is 5.97 Å². The molecule has 110 valence electrons. The molecule has 21 heavy (non-hydrogen) atoms. The van der Waals surface area contributed by atoms with Gasteiger partial charge in [0.1, 0.15) is 18.0 Å². The van der Waals surface area contributed by atoms with Crippen LogP contribution in [0.15, 0.2) is 28.9 Å². The second kappa shape index (κ2) is 6.56. The van der Waals surface area contributed by atoms with Gasteiger partial charge in [-0.25, -0.2) is 9.42 Å². The summed E-state index contributed by atoms with van der Waals surface area (Å²) < 4.78 is 15.4. The number of carbonyl (C=O) groups is 1. The minimum Gasteiger partial charge on any atom is -0.493 e. The van der Waals surface area contributed by atoms with Crippen LogP contribution in [0, 0.1) is 6.92 Å². The number of rotatable bonds is 6. The molecule has 0 spiro atoms. The summed E-state index contributed by atoms with van der Waals surface area (Å²) in [4.78, 5) is 10.5. The second-order valence-electron chi connectivity index (χ2n) is 4.17. The molecule has 0 fully saturated rings. The number of carboxylic acids is 1. The van der Waals surface area contributed by atoms with E-state index in [0.29, 0.717) is 28.5 Å². The van der Waals surface area contributed by atoms with Crippen LogP contribution in [0.5, 0.6) is 11.5 Å². The standard InChI is InChI=1S/C14H14N2O5/c1-9-11(16-21-15-9)8-20-12-5-3-10(4-6-14(17)18)7-13(12)19-2/h3-7H,8H2,1-2H3,(H,17,18). The smallest absolute Gasteiger partial charge is 0.328 e. The fourth-order valence-corrected chi connectivity index (χ4v) is 1.60. The predicted molar refractivity (Wildman–Crippen MR) is 73.0 cm³/mol. The molecule has 0 saturated heterocycles. The molecule has 0 amide bonds. The van der Waals surface area contributed by atoms with Gasteiger partial charge in [0.15, 0.2) is 11.5 Å². The molecule has 2 aromatic rings. The van der Waals surface area contributed by atoms with Gasteiger partial charge in [0.25, 0.3) is 0 Å². The lowest BCUT2D eigenvalue weighted by Crippen LogP contribution is -1.99. The number of benzene rings is 1. The Bertz CT molecular complexity index is 663. The number of aryl methyl sites for hydroxylation is 1. The van der Waals surface area contributed by atoms with E-state index >= 15 is 0 Å². The lowest BCUT2D eigenvalue weighted by molar-refractivity contribution is -0.131. The van der Waals surface area contributed by atoms with Crippen molar-refractivity contribution in [2.45, 2.75) is 13.5 Å². The minimum atomic E-state index is -1.01. The second-order valence-corrected chi connectivity index (χ2v) is 4.17. The third-order valence-corrected chi connectivity index (χ3v) is 2.72. The van der Waals surface area contributed by atoms with Crippen molar-refractivity contribution in [2.75, 3.05) is 7.11 Å². The first-order valence-electron chi connectivity index (χ1n) is 6.10. The number of hydrogen-bond acceptors (Lipinski definition) is 6. The quantitative estimate of drug-likeness (QED) is 0.813. The summed E-state index contributed by atoms with van der Waals surface area (Å²) in [7, 11) is 1.51. The van der Waals surface area contributed by atoms with E-state index in [2.05, 4.69) is 14.9 Å². The van der Waals surface area contributed by atoms with E-state index < -0.39 is 5.97 Å². The summed E-state index contributed by atoms with van der Waals surface area (Å²) >= 11 is 0. The molecule has 0 radical (unpaired) electrons. The molecule has 1 heterocycles. The highest BCUT2D eigenvalue weighted by Crippen LogP contribution is 2.29. The normalized spacial score (nSPS) is 10.8. The average molecular weight is 290 g/mol. The number of carboxylic acid groups (broad SMARTS) is 1. The van der Waals surface area contributed by atoms with Crippen molar-refractivity contribution in [3.8, 4) is 11.5 Å². The van der Waals surface area contributed by atoms with E-state index in [1.807, 2.05) is 0 Å². The maximum absolute atomic E-state index is 10.5. The van der Waals surface area contributed by atoms with Gasteiger partial charge in [0.2, 0.25) is 0 Å². The first-order valence-corrected chi connectivity index (χ1v) is 6.10. The average Bonchev–Trinajstić information content (AvgIpc) is 2.88. The van der Waals surface area contributed by atoms with Gasteiger partial charge in [-0.15, -0.1) is 0 Å². The van der Waals surface area contributed by atoms with E-state index in [0.717, 1.165) is 6.08 Å². The zero-order valence-corrected chi connectivity index (χ0v) is 11.6.